The first-order valence-corrected chi connectivity index (χ1v) is 7.48. The molecule has 0 aromatic carbocycles. The molecule has 1 atom stereocenters. The van der Waals surface area contributed by atoms with Gasteiger partial charge in [-0.3, -0.25) is 16.0 Å². The average Bonchev–Trinajstić information content (AvgIpc) is 2.80. The van der Waals surface area contributed by atoms with Crippen molar-refractivity contribution in [2.24, 2.45) is 5.84 Å². The summed E-state index contributed by atoms with van der Waals surface area (Å²) >= 11 is 6.44. The number of rotatable bonds is 6. The van der Waals surface area contributed by atoms with Crippen molar-refractivity contribution in [1.29, 1.82) is 0 Å². The van der Waals surface area contributed by atoms with Gasteiger partial charge in [0.25, 0.3) is 0 Å². The molecule has 0 amide bonds. The second-order valence-electron chi connectivity index (χ2n) is 4.83. The van der Waals surface area contributed by atoms with Crippen LogP contribution in [0.3, 0.4) is 0 Å². The van der Waals surface area contributed by atoms with Crippen LogP contribution >= 0.6 is 11.6 Å². The number of nitrogens with zero attached hydrogens (tertiary/aromatic N) is 4. The summed E-state index contributed by atoms with van der Waals surface area (Å²) in [7, 11) is 0. The predicted molar refractivity (Wildman–Crippen MR) is 82.8 cm³/mol. The lowest BCUT2D eigenvalue weighted by Crippen LogP contribution is -2.31. The third-order valence-corrected chi connectivity index (χ3v) is 3.88. The third-order valence-electron chi connectivity index (χ3n) is 3.45. The van der Waals surface area contributed by atoms with Gasteiger partial charge in [0.2, 0.25) is 0 Å². The van der Waals surface area contributed by atoms with Crippen molar-refractivity contribution >= 4 is 11.6 Å². The summed E-state index contributed by atoms with van der Waals surface area (Å²) in [6.07, 6.45) is 3.18. The molecule has 2 rings (SSSR count). The molecule has 0 bridgehead atoms. The minimum Gasteiger partial charge on any atom is -0.271 e. The van der Waals surface area contributed by atoms with E-state index in [4.69, 9.17) is 17.4 Å². The van der Waals surface area contributed by atoms with E-state index in [1.54, 1.807) is 6.20 Å². The molecule has 0 saturated heterocycles. The third kappa shape index (κ3) is 3.40. The number of hydrogen-bond acceptors (Lipinski definition) is 5. The molecule has 0 aliphatic carbocycles. The van der Waals surface area contributed by atoms with Crippen molar-refractivity contribution in [2.75, 3.05) is 0 Å². The molecule has 0 aliphatic rings. The van der Waals surface area contributed by atoms with Crippen molar-refractivity contribution in [3.05, 3.63) is 40.2 Å². The summed E-state index contributed by atoms with van der Waals surface area (Å²) in [6.45, 7) is 6.72. The van der Waals surface area contributed by atoms with Crippen LogP contribution < -0.4 is 11.3 Å². The fraction of sp³-hybridized carbons (Fsp3) is 0.500. The zero-order valence-corrected chi connectivity index (χ0v) is 13.4. The average molecular weight is 309 g/mol. The summed E-state index contributed by atoms with van der Waals surface area (Å²) in [6, 6.07) is 1.73. The Hall–Kier alpha value is -1.50. The maximum Gasteiger partial charge on any atom is 0.125 e. The van der Waals surface area contributed by atoms with Crippen LogP contribution in [0.15, 0.2) is 12.3 Å². The van der Waals surface area contributed by atoms with E-state index in [2.05, 4.69) is 20.5 Å². The first-order valence-electron chi connectivity index (χ1n) is 7.10. The van der Waals surface area contributed by atoms with Gasteiger partial charge in [-0.25, -0.2) is 9.97 Å². The van der Waals surface area contributed by atoms with E-state index in [0.717, 1.165) is 40.9 Å². The second-order valence-corrected chi connectivity index (χ2v) is 5.21. The van der Waals surface area contributed by atoms with Gasteiger partial charge in [0.15, 0.2) is 0 Å². The predicted octanol–water partition coefficient (Wildman–Crippen LogP) is 1.96. The Morgan fingerprint density at radius 2 is 2.19 bits per heavy atom. The van der Waals surface area contributed by atoms with Crippen LogP contribution in [0, 0.1) is 6.92 Å². The van der Waals surface area contributed by atoms with Gasteiger partial charge in [0, 0.05) is 19.2 Å². The monoisotopic (exact) mass is 308 g/mol. The van der Waals surface area contributed by atoms with E-state index < -0.39 is 0 Å². The second kappa shape index (κ2) is 6.98. The molecule has 6 nitrogen and oxygen atoms in total. The molecule has 0 radical (unpaired) electrons. The smallest absolute Gasteiger partial charge is 0.125 e. The van der Waals surface area contributed by atoms with E-state index in [1.165, 1.54) is 0 Å². The van der Waals surface area contributed by atoms with Gasteiger partial charge in [-0.05, 0) is 26.3 Å². The fourth-order valence-electron chi connectivity index (χ4n) is 2.32. The van der Waals surface area contributed by atoms with Crippen LogP contribution in [0.25, 0.3) is 0 Å². The number of hydrazine groups is 1. The lowest BCUT2D eigenvalue weighted by atomic mass is 10.1. The molecule has 0 spiro atoms. The molecule has 114 valence electrons. The molecule has 7 heteroatoms. The zero-order chi connectivity index (χ0) is 15.4. The number of nitrogens with two attached hydrogens (primary N) is 1. The summed E-state index contributed by atoms with van der Waals surface area (Å²) in [5.41, 5.74) is 5.56. The van der Waals surface area contributed by atoms with Crippen LogP contribution in [0.2, 0.25) is 5.02 Å². The molecule has 0 fully saturated rings. The standard InChI is InChI=1S/C14H21ClN6/c1-4-10-14(15)13(21(5-2)20-10)8-12(19-16)11-6-7-17-9(3)18-11/h6-7,12,19H,4-5,8,16H2,1-3H3. The summed E-state index contributed by atoms with van der Waals surface area (Å²) in [5, 5.41) is 5.26. The van der Waals surface area contributed by atoms with E-state index in [1.807, 2.05) is 31.5 Å². The quantitative estimate of drug-likeness (QED) is 0.630. The van der Waals surface area contributed by atoms with Crippen molar-refractivity contribution in [1.82, 2.24) is 25.2 Å². The maximum absolute atomic E-state index is 6.44. The first-order chi connectivity index (χ1) is 10.1. The van der Waals surface area contributed by atoms with Gasteiger partial charge in [0.05, 0.1) is 28.1 Å². The Morgan fingerprint density at radius 1 is 1.43 bits per heavy atom. The van der Waals surface area contributed by atoms with E-state index in [-0.39, 0.29) is 6.04 Å². The topological polar surface area (TPSA) is 81.7 Å². The van der Waals surface area contributed by atoms with E-state index in [9.17, 15) is 0 Å². The molecule has 21 heavy (non-hydrogen) atoms. The highest BCUT2D eigenvalue weighted by molar-refractivity contribution is 6.31. The molecular formula is C14H21ClN6. The SMILES string of the molecule is CCc1nn(CC)c(CC(NN)c2ccnc(C)n2)c1Cl. The maximum atomic E-state index is 6.44. The Labute approximate surface area is 129 Å². The van der Waals surface area contributed by atoms with Crippen LogP contribution in [-0.4, -0.2) is 19.7 Å². The summed E-state index contributed by atoms with van der Waals surface area (Å²) in [5.74, 6) is 6.42. The highest BCUT2D eigenvalue weighted by Crippen LogP contribution is 2.26. The number of aryl methyl sites for hydroxylation is 3. The molecule has 0 saturated carbocycles. The summed E-state index contributed by atoms with van der Waals surface area (Å²) in [4.78, 5) is 8.54. The Morgan fingerprint density at radius 3 is 2.76 bits per heavy atom. The van der Waals surface area contributed by atoms with Crippen LogP contribution in [0.1, 0.15) is 42.8 Å². The van der Waals surface area contributed by atoms with Gasteiger partial charge in [-0.1, -0.05) is 18.5 Å². The molecule has 2 aromatic heterocycles. The van der Waals surface area contributed by atoms with Gasteiger partial charge >= 0.3 is 0 Å². The molecule has 2 aromatic rings. The van der Waals surface area contributed by atoms with Gasteiger partial charge < -0.3 is 0 Å². The molecule has 1 unspecified atom stereocenters. The molecular weight excluding hydrogens is 288 g/mol. The van der Waals surface area contributed by atoms with Crippen LogP contribution in [-0.2, 0) is 19.4 Å². The Kier molecular flexibility index (Phi) is 5.27. The normalized spacial score (nSPS) is 12.6. The van der Waals surface area contributed by atoms with Crippen LogP contribution in [0.5, 0.6) is 0 Å². The lowest BCUT2D eigenvalue weighted by Gasteiger charge is -2.16. The highest BCUT2D eigenvalue weighted by Gasteiger charge is 2.20. The van der Waals surface area contributed by atoms with Crippen molar-refractivity contribution < 1.29 is 0 Å². The number of nitrogens with one attached hydrogen (secondary N) is 1. The first kappa shape index (κ1) is 15.9. The van der Waals surface area contributed by atoms with Gasteiger partial charge in [0.1, 0.15) is 5.82 Å². The largest absolute Gasteiger partial charge is 0.271 e. The minimum atomic E-state index is -0.129. The van der Waals surface area contributed by atoms with Gasteiger partial charge in [-0.15, -0.1) is 0 Å². The molecule has 2 heterocycles. The fourth-order valence-corrected chi connectivity index (χ4v) is 2.67. The highest BCUT2D eigenvalue weighted by atomic mass is 35.5. The lowest BCUT2D eigenvalue weighted by molar-refractivity contribution is 0.505. The molecule has 0 aliphatic heterocycles. The van der Waals surface area contributed by atoms with Crippen molar-refractivity contribution in [3.8, 4) is 0 Å². The molecule has 3 N–H and O–H groups in total. The zero-order valence-electron chi connectivity index (χ0n) is 12.6. The van der Waals surface area contributed by atoms with E-state index in [0.29, 0.717) is 6.42 Å². The van der Waals surface area contributed by atoms with Gasteiger partial charge in [-0.2, -0.15) is 5.10 Å². The number of hydrogen-bond donors (Lipinski definition) is 2. The number of aromatic nitrogens is 4. The Balaban J connectivity index is 2.32. The van der Waals surface area contributed by atoms with Crippen LogP contribution in [0.4, 0.5) is 0 Å². The van der Waals surface area contributed by atoms with E-state index >= 15 is 0 Å². The number of halogens is 1. The van der Waals surface area contributed by atoms with Crippen molar-refractivity contribution in [2.45, 2.75) is 46.2 Å². The van der Waals surface area contributed by atoms with Crippen molar-refractivity contribution in [3.63, 3.8) is 0 Å². The summed E-state index contributed by atoms with van der Waals surface area (Å²) < 4.78 is 1.93. The Bertz CT molecular complexity index is 610. The minimum absolute atomic E-state index is 0.129.